The van der Waals surface area contributed by atoms with Crippen LogP contribution in [0.2, 0.25) is 10.0 Å². The number of aldehydes is 1. The van der Waals surface area contributed by atoms with Gasteiger partial charge in [-0.15, -0.1) is 0 Å². The van der Waals surface area contributed by atoms with Crippen molar-refractivity contribution in [3.8, 4) is 0 Å². The molecule has 0 atom stereocenters. The molecule has 6 nitrogen and oxygen atoms in total. The van der Waals surface area contributed by atoms with E-state index in [2.05, 4.69) is 11.9 Å². The normalized spacial score (nSPS) is 14.0. The number of aromatic carboxylic acids is 1. The van der Waals surface area contributed by atoms with Crippen LogP contribution in [0.3, 0.4) is 0 Å². The SMILES string of the molecule is CN(Cc1c(Cl)cc(Cl)c(=O)n1CCc1ccc(C(=O)O)cc1)CC1CCCC1.O=CC(F)(F)F. The molecule has 192 valence electrons. The van der Waals surface area contributed by atoms with Gasteiger partial charge in [-0.1, -0.05) is 48.2 Å². The Morgan fingerprint density at radius 2 is 1.74 bits per heavy atom. The van der Waals surface area contributed by atoms with Gasteiger partial charge in [0.05, 0.1) is 16.3 Å². The van der Waals surface area contributed by atoms with E-state index in [0.717, 1.165) is 17.8 Å². The Balaban J connectivity index is 0.000000641. The summed E-state index contributed by atoms with van der Waals surface area (Å²) in [5, 5.41) is 9.63. The molecule has 1 N–H and O–H groups in total. The summed E-state index contributed by atoms with van der Waals surface area (Å²) < 4.78 is 32.9. The number of carbonyl (C=O) groups excluding carboxylic acids is 1. The van der Waals surface area contributed by atoms with Gasteiger partial charge in [0.2, 0.25) is 6.29 Å². The van der Waals surface area contributed by atoms with Crippen molar-refractivity contribution in [3.05, 3.63) is 67.6 Å². The van der Waals surface area contributed by atoms with Gasteiger partial charge >= 0.3 is 12.1 Å². The number of carboxylic acid groups (broad SMARTS) is 1. The van der Waals surface area contributed by atoms with E-state index in [1.807, 2.05) is 0 Å². The highest BCUT2D eigenvalue weighted by atomic mass is 35.5. The van der Waals surface area contributed by atoms with Crippen LogP contribution in [0.1, 0.15) is 47.3 Å². The molecule has 0 radical (unpaired) electrons. The minimum absolute atomic E-state index is 0.110. The third-order valence-electron chi connectivity index (χ3n) is 5.73. The van der Waals surface area contributed by atoms with E-state index in [-0.39, 0.29) is 16.1 Å². The molecule has 1 heterocycles. The van der Waals surface area contributed by atoms with E-state index in [1.54, 1.807) is 28.8 Å². The van der Waals surface area contributed by atoms with Gasteiger partial charge in [0.15, 0.2) is 0 Å². The minimum Gasteiger partial charge on any atom is -0.478 e. The zero-order valence-electron chi connectivity index (χ0n) is 19.2. The lowest BCUT2D eigenvalue weighted by Crippen LogP contribution is -2.31. The quantitative estimate of drug-likeness (QED) is 0.454. The molecule has 0 aliphatic heterocycles. The van der Waals surface area contributed by atoms with E-state index in [9.17, 15) is 22.8 Å². The average molecular weight is 535 g/mol. The van der Waals surface area contributed by atoms with Gasteiger partial charge in [-0.2, -0.15) is 13.2 Å². The molecule has 0 amide bonds. The molecule has 35 heavy (non-hydrogen) atoms. The van der Waals surface area contributed by atoms with Crippen molar-refractivity contribution in [2.24, 2.45) is 5.92 Å². The van der Waals surface area contributed by atoms with Crippen LogP contribution >= 0.6 is 23.2 Å². The highest BCUT2D eigenvalue weighted by Crippen LogP contribution is 2.26. The topological polar surface area (TPSA) is 79.6 Å². The molecule has 0 unspecified atom stereocenters. The summed E-state index contributed by atoms with van der Waals surface area (Å²) in [5.74, 6) is -0.249. The summed E-state index contributed by atoms with van der Waals surface area (Å²) in [7, 11) is 2.06. The monoisotopic (exact) mass is 534 g/mol. The largest absolute Gasteiger partial charge is 0.478 e. The molecule has 2 aromatic rings. The lowest BCUT2D eigenvalue weighted by Gasteiger charge is -2.24. The number of halogens is 5. The van der Waals surface area contributed by atoms with Crippen LogP contribution < -0.4 is 5.56 Å². The van der Waals surface area contributed by atoms with Crippen molar-refractivity contribution in [2.75, 3.05) is 13.6 Å². The van der Waals surface area contributed by atoms with Crippen LogP contribution in [0.25, 0.3) is 0 Å². The Hall–Kier alpha value is -2.36. The van der Waals surface area contributed by atoms with Gasteiger partial charge < -0.3 is 14.6 Å². The maximum atomic E-state index is 12.7. The summed E-state index contributed by atoms with van der Waals surface area (Å²) in [5.41, 5.74) is 1.71. The van der Waals surface area contributed by atoms with Crippen LogP contribution in [0.5, 0.6) is 0 Å². The summed E-state index contributed by atoms with van der Waals surface area (Å²) in [6, 6.07) is 8.21. The highest BCUT2D eigenvalue weighted by molar-refractivity contribution is 6.34. The molecular weight excluding hydrogens is 508 g/mol. The molecule has 11 heteroatoms. The fourth-order valence-corrected chi connectivity index (χ4v) is 4.58. The van der Waals surface area contributed by atoms with E-state index in [1.165, 1.54) is 31.7 Å². The Morgan fingerprint density at radius 3 is 2.26 bits per heavy atom. The number of aromatic nitrogens is 1. The first-order valence-corrected chi connectivity index (χ1v) is 11.8. The summed E-state index contributed by atoms with van der Waals surface area (Å²) in [6.45, 7) is 2.00. The van der Waals surface area contributed by atoms with Gasteiger partial charge in [-0.05, 0) is 56.0 Å². The van der Waals surface area contributed by atoms with Crippen molar-refractivity contribution in [3.63, 3.8) is 0 Å². The summed E-state index contributed by atoms with van der Waals surface area (Å²) in [4.78, 5) is 34.6. The average Bonchev–Trinajstić information content (AvgIpc) is 3.30. The lowest BCUT2D eigenvalue weighted by molar-refractivity contribution is -0.156. The molecule has 1 aromatic carbocycles. The number of carbonyl (C=O) groups is 2. The number of rotatable bonds is 8. The van der Waals surface area contributed by atoms with Crippen molar-refractivity contribution >= 4 is 35.5 Å². The summed E-state index contributed by atoms with van der Waals surface area (Å²) in [6.07, 6.45) is -0.00431. The van der Waals surface area contributed by atoms with E-state index >= 15 is 0 Å². The third-order valence-corrected chi connectivity index (χ3v) is 6.33. The molecule has 0 saturated heterocycles. The first kappa shape index (κ1) is 28.9. The maximum Gasteiger partial charge on any atom is 0.446 e. The number of nitrogens with zero attached hydrogens (tertiary/aromatic N) is 2. The van der Waals surface area contributed by atoms with Crippen LogP contribution in [-0.4, -0.2) is 46.6 Å². The van der Waals surface area contributed by atoms with Crippen LogP contribution in [0, 0.1) is 5.92 Å². The van der Waals surface area contributed by atoms with Crippen molar-refractivity contribution < 1.29 is 27.9 Å². The van der Waals surface area contributed by atoms with E-state index < -0.39 is 18.4 Å². The van der Waals surface area contributed by atoms with Crippen LogP contribution in [0.15, 0.2) is 35.1 Å². The zero-order valence-corrected chi connectivity index (χ0v) is 20.7. The van der Waals surface area contributed by atoms with Crippen molar-refractivity contribution in [2.45, 2.75) is 51.4 Å². The molecule has 1 fully saturated rings. The van der Waals surface area contributed by atoms with Crippen LogP contribution in [-0.2, 0) is 24.3 Å². The zero-order chi connectivity index (χ0) is 26.2. The smallest absolute Gasteiger partial charge is 0.446 e. The highest BCUT2D eigenvalue weighted by Gasteiger charge is 2.25. The first-order valence-electron chi connectivity index (χ1n) is 11.0. The number of pyridine rings is 1. The fraction of sp³-hybridized carbons (Fsp3) is 0.458. The molecule has 0 bridgehead atoms. The molecule has 3 rings (SSSR count). The first-order chi connectivity index (χ1) is 16.4. The van der Waals surface area contributed by atoms with Crippen molar-refractivity contribution in [1.29, 1.82) is 0 Å². The number of hydrogen-bond acceptors (Lipinski definition) is 4. The van der Waals surface area contributed by atoms with Gasteiger partial charge in [0, 0.05) is 19.6 Å². The standard InChI is InChI=1S/C22H26Cl2N2O3.C2HF3O/c1-25(13-16-4-2-3-5-16)14-20-18(23)12-19(24)21(27)26(20)11-10-15-6-8-17(9-7-15)22(28)29;3-2(4,5)1-6/h6-9,12,16H,2-5,10-11,13-14H2,1H3,(H,28,29);1H. The Kier molecular flexibility index (Phi) is 10.8. The number of alkyl halides is 3. The molecular formula is C24H27Cl2F3N2O4. The summed E-state index contributed by atoms with van der Waals surface area (Å²) >= 11 is 12.6. The predicted molar refractivity (Wildman–Crippen MR) is 128 cm³/mol. The number of carboxylic acids is 1. The second-order valence-electron chi connectivity index (χ2n) is 8.50. The Morgan fingerprint density at radius 1 is 1.17 bits per heavy atom. The van der Waals surface area contributed by atoms with E-state index in [4.69, 9.17) is 33.1 Å². The second-order valence-corrected chi connectivity index (χ2v) is 9.32. The Labute approximate surface area is 211 Å². The second kappa shape index (κ2) is 13.1. The Bertz CT molecular complexity index is 1070. The molecule has 1 saturated carbocycles. The maximum absolute atomic E-state index is 12.7. The third kappa shape index (κ3) is 9.31. The molecule has 0 spiro atoms. The molecule has 1 aliphatic carbocycles. The van der Waals surface area contributed by atoms with Gasteiger partial charge in [-0.25, -0.2) is 4.79 Å². The fourth-order valence-electron chi connectivity index (χ4n) is 4.04. The lowest BCUT2D eigenvalue weighted by atomic mass is 10.1. The van der Waals surface area contributed by atoms with Gasteiger partial charge in [0.1, 0.15) is 5.02 Å². The molecule has 1 aromatic heterocycles. The van der Waals surface area contributed by atoms with Crippen LogP contribution in [0.4, 0.5) is 13.2 Å². The van der Waals surface area contributed by atoms with Crippen molar-refractivity contribution in [1.82, 2.24) is 9.47 Å². The number of aryl methyl sites for hydroxylation is 1. The number of benzene rings is 1. The number of hydrogen-bond donors (Lipinski definition) is 1. The van der Waals surface area contributed by atoms with Gasteiger partial charge in [0.25, 0.3) is 5.56 Å². The van der Waals surface area contributed by atoms with E-state index in [0.29, 0.717) is 30.5 Å². The predicted octanol–water partition coefficient (Wildman–Crippen LogP) is 5.47. The molecule has 1 aliphatic rings. The minimum atomic E-state index is -4.64. The van der Waals surface area contributed by atoms with Gasteiger partial charge in [-0.3, -0.25) is 9.59 Å².